The Bertz CT molecular complexity index is 758. The zero-order chi connectivity index (χ0) is 14.3. The fourth-order valence-electron chi connectivity index (χ4n) is 2.35. The van der Waals surface area contributed by atoms with Gasteiger partial charge in [-0.15, -0.1) is 11.3 Å². The van der Waals surface area contributed by atoms with E-state index in [-0.39, 0.29) is 6.04 Å². The molecule has 0 aliphatic carbocycles. The molecule has 2 heterocycles. The third-order valence-corrected chi connectivity index (χ3v) is 4.53. The van der Waals surface area contributed by atoms with Crippen molar-refractivity contribution in [1.29, 1.82) is 0 Å². The van der Waals surface area contributed by atoms with Crippen molar-refractivity contribution >= 4 is 34.0 Å². The number of halogens is 1. The first-order chi connectivity index (χ1) is 9.61. The average Bonchev–Trinajstić information content (AvgIpc) is 3.00. The lowest BCUT2D eigenvalue weighted by molar-refractivity contribution is 0.618. The maximum atomic E-state index is 6.29. The zero-order valence-corrected chi connectivity index (χ0v) is 13.3. The number of nitrogens with zero attached hydrogens (tertiary/aromatic N) is 3. The van der Waals surface area contributed by atoms with Crippen LogP contribution in [0.5, 0.6) is 0 Å². The molecule has 0 fully saturated rings. The van der Waals surface area contributed by atoms with Crippen molar-refractivity contribution in [3.63, 3.8) is 0 Å². The van der Waals surface area contributed by atoms with Crippen LogP contribution in [0.15, 0.2) is 23.6 Å². The molecular weight excluding hydrogens is 290 g/mol. The molecule has 2 aromatic heterocycles. The fraction of sp³-hybridized carbons (Fsp3) is 0.333. The number of aryl methyl sites for hydroxylation is 1. The topological polar surface area (TPSA) is 30.7 Å². The Balaban J connectivity index is 2.24. The minimum atomic E-state index is 0.283. The summed E-state index contributed by atoms with van der Waals surface area (Å²) in [6.45, 7) is 6.33. The Morgan fingerprint density at radius 3 is 2.75 bits per heavy atom. The van der Waals surface area contributed by atoms with Crippen LogP contribution in [-0.4, -0.2) is 14.5 Å². The van der Waals surface area contributed by atoms with Gasteiger partial charge in [0.15, 0.2) is 0 Å². The molecule has 104 valence electrons. The van der Waals surface area contributed by atoms with Crippen molar-refractivity contribution in [2.24, 2.45) is 0 Å². The summed E-state index contributed by atoms with van der Waals surface area (Å²) in [5.41, 5.74) is 4.18. The van der Waals surface area contributed by atoms with Crippen LogP contribution in [0.4, 0.5) is 0 Å². The monoisotopic (exact) mass is 305 g/mol. The standard InChI is InChI=1S/C15H16ClN3S/c1-4-10-8-20-14(17-10)11-6-5-7-12-13(11)18-15(16)19(12)9(2)3/h5-9H,4H2,1-3H3. The molecule has 3 aromatic rings. The van der Waals surface area contributed by atoms with Crippen LogP contribution in [0.25, 0.3) is 21.6 Å². The second-order valence-corrected chi connectivity index (χ2v) is 6.21. The van der Waals surface area contributed by atoms with Crippen LogP contribution in [-0.2, 0) is 6.42 Å². The Hall–Kier alpha value is -1.39. The van der Waals surface area contributed by atoms with Crippen LogP contribution in [0.1, 0.15) is 32.5 Å². The molecule has 0 saturated heterocycles. The van der Waals surface area contributed by atoms with Crippen LogP contribution < -0.4 is 0 Å². The number of para-hydroxylation sites is 1. The summed E-state index contributed by atoms with van der Waals surface area (Å²) in [6, 6.07) is 6.45. The summed E-state index contributed by atoms with van der Waals surface area (Å²) in [7, 11) is 0. The van der Waals surface area contributed by atoms with E-state index in [0.29, 0.717) is 5.28 Å². The Kier molecular flexibility index (Phi) is 3.52. The van der Waals surface area contributed by atoms with Crippen LogP contribution in [0.3, 0.4) is 0 Å². The predicted molar refractivity (Wildman–Crippen MR) is 85.6 cm³/mol. The van der Waals surface area contributed by atoms with Gasteiger partial charge in [0.05, 0.1) is 11.2 Å². The molecule has 0 radical (unpaired) electrons. The van der Waals surface area contributed by atoms with Crippen molar-refractivity contribution in [3.8, 4) is 10.6 Å². The van der Waals surface area contributed by atoms with E-state index in [9.17, 15) is 0 Å². The van der Waals surface area contributed by atoms with Gasteiger partial charge in [-0.2, -0.15) is 0 Å². The van der Waals surface area contributed by atoms with Gasteiger partial charge >= 0.3 is 0 Å². The molecule has 0 atom stereocenters. The lowest BCUT2D eigenvalue weighted by Gasteiger charge is -2.09. The first kappa shape index (κ1) is 13.6. The number of hydrogen-bond acceptors (Lipinski definition) is 3. The van der Waals surface area contributed by atoms with E-state index in [1.807, 2.05) is 6.07 Å². The van der Waals surface area contributed by atoms with E-state index >= 15 is 0 Å². The van der Waals surface area contributed by atoms with E-state index in [4.69, 9.17) is 11.6 Å². The second-order valence-electron chi connectivity index (χ2n) is 5.02. The van der Waals surface area contributed by atoms with E-state index in [1.165, 1.54) is 0 Å². The van der Waals surface area contributed by atoms with Gasteiger partial charge in [-0.3, -0.25) is 0 Å². The molecule has 0 amide bonds. The molecule has 0 aliphatic rings. The molecule has 5 heteroatoms. The van der Waals surface area contributed by atoms with Crippen molar-refractivity contribution in [1.82, 2.24) is 14.5 Å². The third-order valence-electron chi connectivity index (χ3n) is 3.34. The number of thiazole rings is 1. The van der Waals surface area contributed by atoms with Crippen molar-refractivity contribution in [2.75, 3.05) is 0 Å². The number of benzene rings is 1. The maximum Gasteiger partial charge on any atom is 0.204 e. The van der Waals surface area contributed by atoms with Gasteiger partial charge in [-0.25, -0.2) is 9.97 Å². The average molecular weight is 306 g/mol. The third kappa shape index (κ3) is 2.13. The number of imidazole rings is 1. The number of hydrogen-bond donors (Lipinski definition) is 0. The molecule has 20 heavy (non-hydrogen) atoms. The predicted octanol–water partition coefficient (Wildman–Crippen LogP) is 4.96. The summed E-state index contributed by atoms with van der Waals surface area (Å²) in [4.78, 5) is 9.20. The van der Waals surface area contributed by atoms with E-state index in [2.05, 4.69) is 52.8 Å². The minimum absolute atomic E-state index is 0.283. The lowest BCUT2D eigenvalue weighted by atomic mass is 10.2. The summed E-state index contributed by atoms with van der Waals surface area (Å²) < 4.78 is 2.05. The molecule has 0 N–H and O–H groups in total. The van der Waals surface area contributed by atoms with E-state index < -0.39 is 0 Å². The molecule has 0 saturated carbocycles. The molecular formula is C15H16ClN3S. The van der Waals surface area contributed by atoms with Crippen LogP contribution in [0.2, 0.25) is 5.28 Å². The van der Waals surface area contributed by atoms with Gasteiger partial charge in [-0.1, -0.05) is 13.0 Å². The highest BCUT2D eigenvalue weighted by Gasteiger charge is 2.16. The molecule has 0 unspecified atom stereocenters. The van der Waals surface area contributed by atoms with Gasteiger partial charge in [-0.05, 0) is 44.0 Å². The highest BCUT2D eigenvalue weighted by molar-refractivity contribution is 7.13. The van der Waals surface area contributed by atoms with Gasteiger partial charge in [0.1, 0.15) is 10.5 Å². The van der Waals surface area contributed by atoms with E-state index in [1.54, 1.807) is 11.3 Å². The van der Waals surface area contributed by atoms with Gasteiger partial charge in [0, 0.05) is 17.0 Å². The number of rotatable bonds is 3. The highest BCUT2D eigenvalue weighted by atomic mass is 35.5. The van der Waals surface area contributed by atoms with Crippen molar-refractivity contribution in [3.05, 3.63) is 34.6 Å². The molecule has 3 rings (SSSR count). The summed E-state index contributed by atoms with van der Waals surface area (Å²) in [6.07, 6.45) is 0.952. The smallest absolute Gasteiger partial charge is 0.204 e. The molecule has 1 aromatic carbocycles. The summed E-state index contributed by atoms with van der Waals surface area (Å²) >= 11 is 7.95. The molecule has 0 bridgehead atoms. The molecule has 0 aliphatic heterocycles. The lowest BCUT2D eigenvalue weighted by Crippen LogP contribution is -1.99. The Morgan fingerprint density at radius 2 is 2.10 bits per heavy atom. The minimum Gasteiger partial charge on any atom is -0.312 e. The summed E-state index contributed by atoms with van der Waals surface area (Å²) in [5, 5.41) is 3.65. The van der Waals surface area contributed by atoms with Gasteiger partial charge in [0.2, 0.25) is 5.28 Å². The Labute approximate surface area is 127 Å². The zero-order valence-electron chi connectivity index (χ0n) is 11.7. The highest BCUT2D eigenvalue weighted by Crippen LogP contribution is 2.33. The first-order valence-corrected chi connectivity index (χ1v) is 7.98. The number of fused-ring (bicyclic) bond motifs is 1. The molecule has 0 spiro atoms. The van der Waals surface area contributed by atoms with Gasteiger partial charge in [0.25, 0.3) is 0 Å². The maximum absolute atomic E-state index is 6.29. The van der Waals surface area contributed by atoms with Crippen LogP contribution >= 0.6 is 22.9 Å². The second kappa shape index (κ2) is 5.19. The first-order valence-electron chi connectivity index (χ1n) is 6.73. The normalized spacial score (nSPS) is 11.7. The fourth-order valence-corrected chi connectivity index (χ4v) is 3.65. The van der Waals surface area contributed by atoms with Crippen molar-refractivity contribution < 1.29 is 0 Å². The summed E-state index contributed by atoms with van der Waals surface area (Å²) in [5.74, 6) is 0. The van der Waals surface area contributed by atoms with Crippen LogP contribution in [0, 0.1) is 0 Å². The number of aromatic nitrogens is 3. The Morgan fingerprint density at radius 1 is 1.30 bits per heavy atom. The van der Waals surface area contributed by atoms with E-state index in [0.717, 1.165) is 33.7 Å². The van der Waals surface area contributed by atoms with Gasteiger partial charge < -0.3 is 4.57 Å². The van der Waals surface area contributed by atoms with Crippen molar-refractivity contribution in [2.45, 2.75) is 33.2 Å². The quantitative estimate of drug-likeness (QED) is 0.685. The molecule has 3 nitrogen and oxygen atoms in total. The SMILES string of the molecule is CCc1csc(-c2cccc3c2nc(Cl)n3C(C)C)n1. The largest absolute Gasteiger partial charge is 0.312 e.